The number of rotatable bonds is 5. The highest BCUT2D eigenvalue weighted by Crippen LogP contribution is 2.35. The first-order valence-corrected chi connectivity index (χ1v) is 8.43. The van der Waals surface area contributed by atoms with E-state index < -0.39 is 24.1 Å². The van der Waals surface area contributed by atoms with E-state index in [1.165, 1.54) is 30.3 Å². The number of aliphatic imine (C=N–C) groups is 1. The smallest absolute Gasteiger partial charge is 0.418 e. The van der Waals surface area contributed by atoms with E-state index in [-0.39, 0.29) is 35.5 Å². The van der Waals surface area contributed by atoms with Gasteiger partial charge in [0.05, 0.1) is 18.3 Å². The second kappa shape index (κ2) is 8.25. The molecule has 1 aromatic carbocycles. The molecule has 0 radical (unpaired) electrons. The maximum Gasteiger partial charge on any atom is 0.418 e. The molecule has 0 aliphatic carbocycles. The van der Waals surface area contributed by atoms with E-state index >= 15 is 0 Å². The summed E-state index contributed by atoms with van der Waals surface area (Å²) >= 11 is 0. The second-order valence-electron chi connectivity index (χ2n) is 6.24. The topological polar surface area (TPSA) is 108 Å². The number of amides is 1. The number of hydrogen-bond donors (Lipinski definition) is 2. The Kier molecular flexibility index (Phi) is 5.76. The van der Waals surface area contributed by atoms with Crippen molar-refractivity contribution in [2.24, 2.45) is 10.7 Å². The van der Waals surface area contributed by atoms with Gasteiger partial charge in [-0.1, -0.05) is 0 Å². The van der Waals surface area contributed by atoms with Gasteiger partial charge in [-0.3, -0.25) is 5.32 Å². The average Bonchev–Trinajstić information content (AvgIpc) is 2.64. The number of nitrogens with one attached hydrogen (secondary N) is 1. The minimum atomic E-state index is -2.99. The molecule has 11 heteroatoms. The largest absolute Gasteiger partial charge is 0.465 e. The van der Waals surface area contributed by atoms with Crippen LogP contribution in [0, 0.1) is 5.82 Å². The standard InChI is InChI=1S/C18H17F3N4O4/c1-18(6-7-27-16(22)25-18)12-8-10(2-4-13(12)19)24-17(26)29-14-5-3-11(9-23-14)28-15(20)21/h2-5,8-9,15H,6-7H2,1H3,(H2,22,25)(H,24,26)/t18-/m0/s1. The van der Waals surface area contributed by atoms with Gasteiger partial charge in [-0.15, -0.1) is 0 Å². The highest BCUT2D eigenvalue weighted by Gasteiger charge is 2.33. The molecule has 3 N–H and O–H groups in total. The number of halogens is 3. The normalized spacial score (nSPS) is 18.6. The zero-order valence-corrected chi connectivity index (χ0v) is 15.2. The molecule has 1 atom stereocenters. The van der Waals surface area contributed by atoms with Crippen LogP contribution in [0.1, 0.15) is 18.9 Å². The fourth-order valence-corrected chi connectivity index (χ4v) is 2.73. The van der Waals surface area contributed by atoms with Crippen molar-refractivity contribution in [3.63, 3.8) is 0 Å². The van der Waals surface area contributed by atoms with Gasteiger partial charge in [0, 0.05) is 23.7 Å². The van der Waals surface area contributed by atoms with Gasteiger partial charge in [0.2, 0.25) is 5.88 Å². The number of ether oxygens (including phenoxy) is 3. The van der Waals surface area contributed by atoms with E-state index in [9.17, 15) is 18.0 Å². The second-order valence-corrected chi connectivity index (χ2v) is 6.24. The third-order valence-electron chi connectivity index (χ3n) is 4.12. The Hall–Kier alpha value is -3.50. The predicted octanol–water partition coefficient (Wildman–Crippen LogP) is 3.38. The van der Waals surface area contributed by atoms with Crippen LogP contribution >= 0.6 is 0 Å². The minimum absolute atomic E-state index is 0.0405. The predicted molar refractivity (Wildman–Crippen MR) is 96.5 cm³/mol. The van der Waals surface area contributed by atoms with Crippen molar-refractivity contribution in [3.8, 4) is 11.6 Å². The number of benzene rings is 1. The number of aromatic nitrogens is 1. The number of anilines is 1. The molecule has 0 saturated heterocycles. The van der Waals surface area contributed by atoms with E-state index in [1.54, 1.807) is 6.92 Å². The maximum absolute atomic E-state index is 14.4. The van der Waals surface area contributed by atoms with Crippen LogP contribution in [0.3, 0.4) is 0 Å². The Morgan fingerprint density at radius 3 is 2.79 bits per heavy atom. The molecule has 0 saturated carbocycles. The highest BCUT2D eigenvalue weighted by molar-refractivity contribution is 5.86. The highest BCUT2D eigenvalue weighted by atomic mass is 19.3. The molecule has 1 aliphatic rings. The fraction of sp³-hybridized carbons (Fsp3) is 0.278. The minimum Gasteiger partial charge on any atom is -0.465 e. The number of amidine groups is 1. The lowest BCUT2D eigenvalue weighted by atomic mass is 9.88. The van der Waals surface area contributed by atoms with Crippen molar-refractivity contribution in [1.82, 2.24) is 4.98 Å². The van der Waals surface area contributed by atoms with Crippen LogP contribution in [0.4, 0.5) is 23.7 Å². The lowest BCUT2D eigenvalue weighted by molar-refractivity contribution is -0.0501. The van der Waals surface area contributed by atoms with Crippen molar-refractivity contribution in [2.75, 3.05) is 11.9 Å². The summed E-state index contributed by atoms with van der Waals surface area (Å²) in [6.07, 6.45) is 0.479. The molecule has 1 amide bonds. The summed E-state index contributed by atoms with van der Waals surface area (Å²) < 4.78 is 52.8. The van der Waals surface area contributed by atoms with Crippen LogP contribution in [0.5, 0.6) is 11.6 Å². The average molecular weight is 410 g/mol. The molecular formula is C18H17F3N4O4. The van der Waals surface area contributed by atoms with Gasteiger partial charge in [-0.2, -0.15) is 8.78 Å². The van der Waals surface area contributed by atoms with Crippen molar-refractivity contribution in [3.05, 3.63) is 47.9 Å². The first-order valence-electron chi connectivity index (χ1n) is 8.43. The van der Waals surface area contributed by atoms with Gasteiger partial charge in [0.25, 0.3) is 6.02 Å². The Morgan fingerprint density at radius 2 is 2.14 bits per heavy atom. The van der Waals surface area contributed by atoms with E-state index in [4.69, 9.17) is 15.2 Å². The molecule has 0 unspecified atom stereocenters. The maximum atomic E-state index is 14.4. The van der Waals surface area contributed by atoms with Crippen LogP contribution in [-0.2, 0) is 10.3 Å². The molecule has 1 aromatic heterocycles. The monoisotopic (exact) mass is 410 g/mol. The molecule has 1 aliphatic heterocycles. The van der Waals surface area contributed by atoms with E-state index in [0.717, 1.165) is 6.20 Å². The van der Waals surface area contributed by atoms with Crippen molar-refractivity contribution >= 4 is 17.8 Å². The first-order chi connectivity index (χ1) is 13.7. The van der Waals surface area contributed by atoms with Gasteiger partial charge in [0.15, 0.2) is 0 Å². The number of hydrogen-bond acceptors (Lipinski definition) is 7. The summed E-state index contributed by atoms with van der Waals surface area (Å²) in [4.78, 5) is 19.9. The molecule has 154 valence electrons. The van der Waals surface area contributed by atoms with Gasteiger partial charge in [-0.25, -0.2) is 19.2 Å². The van der Waals surface area contributed by atoms with Gasteiger partial charge < -0.3 is 19.9 Å². The van der Waals surface area contributed by atoms with Crippen LogP contribution in [0.2, 0.25) is 0 Å². The third kappa shape index (κ3) is 5.06. The van der Waals surface area contributed by atoms with Crippen LogP contribution < -0.4 is 20.5 Å². The SMILES string of the molecule is C[C@@]1(c2cc(NC(=O)Oc3ccc(OC(F)F)cn3)ccc2F)CCOC(N)=N1. The lowest BCUT2D eigenvalue weighted by Crippen LogP contribution is -2.34. The molecule has 2 heterocycles. The van der Waals surface area contributed by atoms with E-state index in [1.807, 2.05) is 0 Å². The Morgan fingerprint density at radius 1 is 1.34 bits per heavy atom. The quantitative estimate of drug-likeness (QED) is 0.782. The van der Waals surface area contributed by atoms with Crippen molar-refractivity contribution in [1.29, 1.82) is 0 Å². The fourth-order valence-electron chi connectivity index (χ4n) is 2.73. The summed E-state index contributed by atoms with van der Waals surface area (Å²) in [5, 5.41) is 2.44. The molecule has 8 nitrogen and oxygen atoms in total. The zero-order valence-electron chi connectivity index (χ0n) is 15.2. The molecule has 3 rings (SSSR count). The summed E-state index contributed by atoms with van der Waals surface area (Å²) in [7, 11) is 0. The van der Waals surface area contributed by atoms with Crippen molar-refractivity contribution < 1.29 is 32.2 Å². The van der Waals surface area contributed by atoms with Gasteiger partial charge in [0.1, 0.15) is 11.6 Å². The summed E-state index contributed by atoms with van der Waals surface area (Å²) in [5.41, 5.74) is 5.13. The number of nitrogens with two attached hydrogens (primary N) is 1. The molecule has 0 fully saturated rings. The van der Waals surface area contributed by atoms with E-state index in [0.29, 0.717) is 6.42 Å². The van der Waals surface area contributed by atoms with E-state index in [2.05, 4.69) is 20.0 Å². The molecule has 0 spiro atoms. The summed E-state index contributed by atoms with van der Waals surface area (Å²) in [6, 6.07) is 6.28. The number of carbonyl (C=O) groups is 1. The number of pyridine rings is 1. The summed E-state index contributed by atoms with van der Waals surface area (Å²) in [6.45, 7) is -1.01. The summed E-state index contributed by atoms with van der Waals surface area (Å²) in [5.74, 6) is -0.832. The molecule has 29 heavy (non-hydrogen) atoms. The van der Waals surface area contributed by atoms with Gasteiger partial charge in [-0.05, 0) is 31.2 Å². The zero-order chi connectivity index (χ0) is 21.0. The number of carbonyl (C=O) groups excluding carboxylic acids is 1. The van der Waals surface area contributed by atoms with Crippen LogP contribution in [0.25, 0.3) is 0 Å². The Bertz CT molecular complexity index is 924. The molecular weight excluding hydrogens is 393 g/mol. The number of alkyl halides is 2. The Balaban J connectivity index is 1.70. The van der Waals surface area contributed by atoms with Gasteiger partial charge >= 0.3 is 12.7 Å². The lowest BCUT2D eigenvalue weighted by Gasteiger charge is -2.30. The van der Waals surface area contributed by atoms with Crippen molar-refractivity contribution in [2.45, 2.75) is 25.5 Å². The van der Waals surface area contributed by atoms with Crippen LogP contribution in [0.15, 0.2) is 41.5 Å². The van der Waals surface area contributed by atoms with Crippen LogP contribution in [-0.4, -0.2) is 30.3 Å². The molecule has 2 aromatic rings. The third-order valence-corrected chi connectivity index (χ3v) is 4.12. The Labute approximate surface area is 163 Å². The number of nitrogens with zero attached hydrogens (tertiary/aromatic N) is 2. The first kappa shape index (κ1) is 20.2. The molecule has 0 bridgehead atoms.